The van der Waals surface area contributed by atoms with Gasteiger partial charge in [0.1, 0.15) is 10.1 Å². The van der Waals surface area contributed by atoms with E-state index in [0.29, 0.717) is 21.3 Å². The molecule has 2 rings (SSSR count). The van der Waals surface area contributed by atoms with Crippen LogP contribution in [0, 0.1) is 0 Å². The molecule has 0 aromatic heterocycles. The van der Waals surface area contributed by atoms with Gasteiger partial charge in [-0.2, -0.15) is 8.42 Å². The first kappa shape index (κ1) is 18.2. The molecular formula is C14H12BrNO4S3. The number of nitrogens with zero attached hydrogens (tertiary/aromatic N) is 1. The summed E-state index contributed by atoms with van der Waals surface area (Å²) in [5.74, 6) is -0.102. The number of benzene rings is 1. The minimum Gasteiger partial charge on any atom is -0.382 e. The maximum atomic E-state index is 12.3. The summed E-state index contributed by atoms with van der Waals surface area (Å²) in [6.07, 6.45) is 4.11. The monoisotopic (exact) mass is 433 g/mol. The number of thioether (sulfide) groups is 1. The standard InChI is InChI=1S/C14H12BrNO4S3/c1-3-6-16-13(17)12(22-14(16)21)8-9-7-10(15)4-5-11(9)20-23(2,18)19/h3-5,7-8H,1,6H2,2H3/b12-8-. The summed E-state index contributed by atoms with van der Waals surface area (Å²) < 4.78 is 28.8. The molecule has 0 radical (unpaired) electrons. The molecule has 1 aromatic carbocycles. The van der Waals surface area contributed by atoms with E-state index >= 15 is 0 Å². The van der Waals surface area contributed by atoms with Gasteiger partial charge in [0, 0.05) is 16.6 Å². The number of amides is 1. The van der Waals surface area contributed by atoms with Crippen molar-refractivity contribution in [3.8, 4) is 5.75 Å². The van der Waals surface area contributed by atoms with Gasteiger partial charge >= 0.3 is 10.1 Å². The van der Waals surface area contributed by atoms with Crippen molar-refractivity contribution in [3.63, 3.8) is 0 Å². The van der Waals surface area contributed by atoms with Crippen molar-refractivity contribution in [1.29, 1.82) is 0 Å². The van der Waals surface area contributed by atoms with E-state index in [1.807, 2.05) is 0 Å². The van der Waals surface area contributed by atoms with E-state index in [-0.39, 0.29) is 11.7 Å². The lowest BCUT2D eigenvalue weighted by molar-refractivity contribution is -0.121. The predicted molar refractivity (Wildman–Crippen MR) is 99.7 cm³/mol. The zero-order valence-electron chi connectivity index (χ0n) is 12.0. The van der Waals surface area contributed by atoms with Crippen LogP contribution in [0.1, 0.15) is 5.56 Å². The summed E-state index contributed by atoms with van der Waals surface area (Å²) >= 11 is 9.63. The van der Waals surface area contributed by atoms with Crippen molar-refractivity contribution < 1.29 is 17.4 Å². The Morgan fingerprint density at radius 3 is 2.78 bits per heavy atom. The van der Waals surface area contributed by atoms with Gasteiger partial charge < -0.3 is 4.18 Å². The quantitative estimate of drug-likeness (QED) is 0.307. The van der Waals surface area contributed by atoms with Crippen LogP contribution in [0.4, 0.5) is 0 Å². The summed E-state index contributed by atoms with van der Waals surface area (Å²) in [5.41, 5.74) is 0.462. The van der Waals surface area contributed by atoms with Gasteiger partial charge in [0.2, 0.25) is 0 Å². The maximum absolute atomic E-state index is 12.3. The molecule has 1 aliphatic rings. The second-order valence-electron chi connectivity index (χ2n) is 4.55. The molecule has 0 aliphatic carbocycles. The first-order valence-electron chi connectivity index (χ1n) is 6.26. The van der Waals surface area contributed by atoms with Crippen molar-refractivity contribution in [1.82, 2.24) is 4.90 Å². The van der Waals surface area contributed by atoms with E-state index in [1.54, 1.807) is 24.3 Å². The van der Waals surface area contributed by atoms with E-state index in [2.05, 4.69) is 22.5 Å². The third-order valence-corrected chi connectivity index (χ3v) is 5.04. The van der Waals surface area contributed by atoms with Crippen LogP contribution < -0.4 is 4.18 Å². The lowest BCUT2D eigenvalue weighted by Gasteiger charge is -2.10. The smallest absolute Gasteiger partial charge is 0.306 e. The van der Waals surface area contributed by atoms with Gasteiger partial charge in [-0.15, -0.1) is 6.58 Å². The molecule has 1 fully saturated rings. The molecular weight excluding hydrogens is 422 g/mol. The molecule has 0 atom stereocenters. The minimum atomic E-state index is -3.68. The van der Waals surface area contributed by atoms with Crippen LogP contribution in [0.5, 0.6) is 5.75 Å². The molecule has 0 unspecified atom stereocenters. The molecule has 1 heterocycles. The fraction of sp³-hybridized carbons (Fsp3) is 0.143. The van der Waals surface area contributed by atoms with Crippen molar-refractivity contribution in [2.75, 3.05) is 12.8 Å². The van der Waals surface area contributed by atoms with Crippen molar-refractivity contribution in [2.24, 2.45) is 0 Å². The average molecular weight is 434 g/mol. The van der Waals surface area contributed by atoms with Crippen LogP contribution in [0.2, 0.25) is 0 Å². The zero-order valence-corrected chi connectivity index (χ0v) is 16.0. The highest BCUT2D eigenvalue weighted by molar-refractivity contribution is 9.10. The number of thiocarbonyl (C=S) groups is 1. The van der Waals surface area contributed by atoms with Crippen LogP contribution in [0.3, 0.4) is 0 Å². The van der Waals surface area contributed by atoms with Gasteiger partial charge in [-0.1, -0.05) is 46.0 Å². The summed E-state index contributed by atoms with van der Waals surface area (Å²) in [4.78, 5) is 14.1. The Bertz CT molecular complexity index is 817. The van der Waals surface area contributed by atoms with Gasteiger partial charge in [0.05, 0.1) is 11.2 Å². The van der Waals surface area contributed by atoms with Gasteiger partial charge in [-0.05, 0) is 24.3 Å². The summed E-state index contributed by atoms with van der Waals surface area (Å²) in [6.45, 7) is 3.92. The first-order chi connectivity index (χ1) is 10.7. The highest BCUT2D eigenvalue weighted by atomic mass is 79.9. The molecule has 0 spiro atoms. The number of carbonyl (C=O) groups is 1. The molecule has 1 amide bonds. The van der Waals surface area contributed by atoms with Gasteiger partial charge in [-0.3, -0.25) is 9.69 Å². The number of hydrogen-bond acceptors (Lipinski definition) is 6. The molecule has 1 saturated heterocycles. The molecule has 122 valence electrons. The molecule has 1 aliphatic heterocycles. The van der Waals surface area contributed by atoms with E-state index in [1.165, 1.54) is 11.0 Å². The summed E-state index contributed by atoms with van der Waals surface area (Å²) in [6, 6.07) is 4.84. The zero-order chi connectivity index (χ0) is 17.2. The summed E-state index contributed by atoms with van der Waals surface area (Å²) in [5, 5.41) is 0. The molecule has 0 N–H and O–H groups in total. The lowest BCUT2D eigenvalue weighted by Crippen LogP contribution is -2.27. The topological polar surface area (TPSA) is 63.7 Å². The maximum Gasteiger partial charge on any atom is 0.306 e. The predicted octanol–water partition coefficient (Wildman–Crippen LogP) is 3.17. The van der Waals surface area contributed by atoms with Crippen LogP contribution in [-0.4, -0.2) is 36.3 Å². The third kappa shape index (κ3) is 4.66. The molecule has 1 aromatic rings. The number of hydrogen-bond donors (Lipinski definition) is 0. The second-order valence-corrected chi connectivity index (χ2v) is 8.72. The van der Waals surface area contributed by atoms with E-state index in [0.717, 1.165) is 22.5 Å². The summed E-state index contributed by atoms with van der Waals surface area (Å²) in [7, 11) is -3.68. The first-order valence-corrected chi connectivity index (χ1v) is 10.1. The molecule has 9 heteroatoms. The lowest BCUT2D eigenvalue weighted by atomic mass is 10.2. The Balaban J connectivity index is 2.43. The third-order valence-electron chi connectivity index (χ3n) is 2.68. The fourth-order valence-corrected chi connectivity index (χ4v) is 3.92. The van der Waals surface area contributed by atoms with Gasteiger partial charge in [0.25, 0.3) is 5.91 Å². The van der Waals surface area contributed by atoms with E-state index in [9.17, 15) is 13.2 Å². The minimum absolute atomic E-state index is 0.143. The highest BCUT2D eigenvalue weighted by Crippen LogP contribution is 2.35. The van der Waals surface area contributed by atoms with Crippen LogP contribution in [0.25, 0.3) is 6.08 Å². The van der Waals surface area contributed by atoms with Crippen molar-refractivity contribution in [3.05, 3.63) is 45.8 Å². The van der Waals surface area contributed by atoms with Crippen LogP contribution >= 0.6 is 39.9 Å². The average Bonchev–Trinajstić information content (AvgIpc) is 2.69. The highest BCUT2D eigenvalue weighted by Gasteiger charge is 2.31. The Morgan fingerprint density at radius 1 is 1.48 bits per heavy atom. The number of halogens is 1. The Kier molecular flexibility index (Phi) is 5.66. The molecule has 5 nitrogen and oxygen atoms in total. The molecule has 0 bridgehead atoms. The Hall–Kier alpha value is -1.16. The molecule has 0 saturated carbocycles. The normalized spacial score (nSPS) is 17.0. The van der Waals surface area contributed by atoms with Crippen LogP contribution in [0.15, 0.2) is 40.2 Å². The largest absolute Gasteiger partial charge is 0.382 e. The van der Waals surface area contributed by atoms with Crippen molar-refractivity contribution >= 4 is 66.3 Å². The Labute approximate surface area is 152 Å². The number of carbonyl (C=O) groups excluding carboxylic acids is 1. The Morgan fingerprint density at radius 2 is 2.17 bits per heavy atom. The SMILES string of the molecule is C=CCN1C(=O)/C(=C/c2cc(Br)ccc2OS(C)(=O)=O)SC1=S. The fourth-order valence-electron chi connectivity index (χ4n) is 1.80. The molecule has 23 heavy (non-hydrogen) atoms. The number of rotatable bonds is 5. The van der Waals surface area contributed by atoms with E-state index < -0.39 is 10.1 Å². The second kappa shape index (κ2) is 7.16. The van der Waals surface area contributed by atoms with Gasteiger partial charge in [-0.25, -0.2) is 0 Å². The van der Waals surface area contributed by atoms with Crippen molar-refractivity contribution in [2.45, 2.75) is 0 Å². The van der Waals surface area contributed by atoms with Crippen LogP contribution in [-0.2, 0) is 14.9 Å². The van der Waals surface area contributed by atoms with Gasteiger partial charge in [0.15, 0.2) is 0 Å². The van der Waals surface area contributed by atoms with E-state index in [4.69, 9.17) is 16.4 Å².